The number of benzene rings is 1. The number of ether oxygens (including phenoxy) is 3. The van der Waals surface area contributed by atoms with Crippen molar-refractivity contribution in [2.45, 2.75) is 24.7 Å². The van der Waals surface area contributed by atoms with Crippen LogP contribution in [-0.2, 0) is 4.74 Å². The van der Waals surface area contributed by atoms with Crippen molar-refractivity contribution in [1.29, 1.82) is 0 Å². The second kappa shape index (κ2) is 3.37. The third-order valence-electron chi connectivity index (χ3n) is 3.44. The van der Waals surface area contributed by atoms with Crippen LogP contribution in [0, 0.1) is 0 Å². The van der Waals surface area contributed by atoms with Crippen LogP contribution in [0.5, 0.6) is 11.5 Å². The van der Waals surface area contributed by atoms with E-state index in [-0.39, 0.29) is 18.2 Å². The third-order valence-corrected chi connectivity index (χ3v) is 3.44. The van der Waals surface area contributed by atoms with Gasteiger partial charge in [-0.15, -0.1) is 0 Å². The standard InChI is InChI=1S/C12H15NO3/c1-14-7-3-4-8(15-2)11-10(7)9-5-6(13)12(11)16-9/h3-4,6,9,12H,5,13H2,1-2H3/t6-,9?,12?/m0/s1. The molecule has 16 heavy (non-hydrogen) atoms. The van der Waals surface area contributed by atoms with Crippen molar-refractivity contribution in [2.75, 3.05) is 14.2 Å². The van der Waals surface area contributed by atoms with Crippen molar-refractivity contribution in [3.8, 4) is 11.5 Å². The molecular formula is C12H15NO3. The quantitative estimate of drug-likeness (QED) is 0.823. The molecule has 86 valence electrons. The molecule has 0 aliphatic carbocycles. The van der Waals surface area contributed by atoms with Gasteiger partial charge in [0.15, 0.2) is 0 Å². The van der Waals surface area contributed by atoms with Gasteiger partial charge < -0.3 is 19.9 Å². The minimum atomic E-state index is -0.0370. The second-order valence-corrected chi connectivity index (χ2v) is 4.24. The highest BCUT2D eigenvalue weighted by Crippen LogP contribution is 2.55. The van der Waals surface area contributed by atoms with E-state index in [1.165, 1.54) is 0 Å². The van der Waals surface area contributed by atoms with E-state index < -0.39 is 0 Å². The minimum Gasteiger partial charge on any atom is -0.496 e. The molecule has 0 aromatic heterocycles. The zero-order valence-electron chi connectivity index (χ0n) is 9.40. The summed E-state index contributed by atoms with van der Waals surface area (Å²) in [7, 11) is 3.34. The zero-order chi connectivity index (χ0) is 11.3. The number of hydrogen-bond donors (Lipinski definition) is 1. The molecule has 0 radical (unpaired) electrons. The second-order valence-electron chi connectivity index (χ2n) is 4.24. The lowest BCUT2D eigenvalue weighted by atomic mass is 9.87. The van der Waals surface area contributed by atoms with Gasteiger partial charge in [0.25, 0.3) is 0 Å². The van der Waals surface area contributed by atoms with Crippen LogP contribution in [0.3, 0.4) is 0 Å². The lowest BCUT2D eigenvalue weighted by Gasteiger charge is -2.21. The molecular weight excluding hydrogens is 206 g/mol. The van der Waals surface area contributed by atoms with Crippen molar-refractivity contribution in [3.63, 3.8) is 0 Å². The van der Waals surface area contributed by atoms with Gasteiger partial charge in [-0.25, -0.2) is 0 Å². The number of methoxy groups -OCH3 is 2. The van der Waals surface area contributed by atoms with Gasteiger partial charge in [-0.2, -0.15) is 0 Å². The Labute approximate surface area is 94.3 Å². The number of rotatable bonds is 2. The number of fused-ring (bicyclic) bond motifs is 5. The van der Waals surface area contributed by atoms with Crippen LogP contribution >= 0.6 is 0 Å². The summed E-state index contributed by atoms with van der Waals surface area (Å²) in [6.45, 7) is 0. The van der Waals surface area contributed by atoms with Crippen LogP contribution in [0.25, 0.3) is 0 Å². The summed E-state index contributed by atoms with van der Waals surface area (Å²) in [6.07, 6.45) is 0.895. The summed E-state index contributed by atoms with van der Waals surface area (Å²) in [5.41, 5.74) is 8.22. The first kappa shape index (κ1) is 9.93. The summed E-state index contributed by atoms with van der Waals surface area (Å²) in [4.78, 5) is 0. The largest absolute Gasteiger partial charge is 0.496 e. The lowest BCUT2D eigenvalue weighted by Crippen LogP contribution is -2.26. The highest BCUT2D eigenvalue weighted by Gasteiger charge is 2.47. The topological polar surface area (TPSA) is 53.7 Å². The molecule has 2 heterocycles. The van der Waals surface area contributed by atoms with Gasteiger partial charge >= 0.3 is 0 Å². The molecule has 1 aromatic rings. The van der Waals surface area contributed by atoms with Crippen molar-refractivity contribution in [3.05, 3.63) is 23.3 Å². The van der Waals surface area contributed by atoms with E-state index in [9.17, 15) is 0 Å². The summed E-state index contributed by atoms with van der Waals surface area (Å²) in [5.74, 6) is 1.72. The summed E-state index contributed by atoms with van der Waals surface area (Å²) in [6, 6.07) is 3.90. The number of nitrogens with two attached hydrogens (primary N) is 1. The van der Waals surface area contributed by atoms with Crippen molar-refractivity contribution < 1.29 is 14.2 Å². The fraction of sp³-hybridized carbons (Fsp3) is 0.500. The Balaban J connectivity index is 2.20. The molecule has 1 saturated heterocycles. The number of hydrogen-bond acceptors (Lipinski definition) is 4. The van der Waals surface area contributed by atoms with E-state index >= 15 is 0 Å². The van der Waals surface area contributed by atoms with Crippen molar-refractivity contribution >= 4 is 0 Å². The molecule has 3 rings (SSSR count). The molecule has 0 spiro atoms. The predicted molar refractivity (Wildman–Crippen MR) is 58.7 cm³/mol. The van der Waals surface area contributed by atoms with Crippen LogP contribution in [0.15, 0.2) is 12.1 Å². The van der Waals surface area contributed by atoms with Gasteiger partial charge in [-0.3, -0.25) is 0 Å². The summed E-state index contributed by atoms with van der Waals surface area (Å²) >= 11 is 0. The van der Waals surface area contributed by atoms with E-state index in [0.717, 1.165) is 29.0 Å². The Bertz CT molecular complexity index is 433. The van der Waals surface area contributed by atoms with E-state index in [4.69, 9.17) is 19.9 Å². The van der Waals surface area contributed by atoms with Crippen LogP contribution in [-0.4, -0.2) is 20.3 Å². The average Bonchev–Trinajstić information content (AvgIpc) is 2.85. The van der Waals surface area contributed by atoms with Crippen molar-refractivity contribution in [1.82, 2.24) is 0 Å². The maximum absolute atomic E-state index is 6.03. The smallest absolute Gasteiger partial charge is 0.125 e. The molecule has 1 fully saturated rings. The third kappa shape index (κ3) is 1.11. The molecule has 0 amide bonds. The summed E-state index contributed by atoms with van der Waals surface area (Å²) in [5, 5.41) is 0. The fourth-order valence-electron chi connectivity index (χ4n) is 2.75. The Hall–Kier alpha value is -1.26. The fourth-order valence-corrected chi connectivity index (χ4v) is 2.75. The Kier molecular flexibility index (Phi) is 2.09. The van der Waals surface area contributed by atoms with Gasteiger partial charge in [-0.05, 0) is 18.6 Å². The van der Waals surface area contributed by atoms with E-state index in [2.05, 4.69) is 0 Å². The molecule has 3 atom stereocenters. The van der Waals surface area contributed by atoms with Crippen LogP contribution in [0.2, 0.25) is 0 Å². The van der Waals surface area contributed by atoms with E-state index in [1.807, 2.05) is 12.1 Å². The minimum absolute atomic E-state index is 0.0370. The molecule has 2 aliphatic rings. The molecule has 0 saturated carbocycles. The Morgan fingerprint density at radius 3 is 2.44 bits per heavy atom. The van der Waals surface area contributed by atoms with Gasteiger partial charge in [0.2, 0.25) is 0 Å². The van der Waals surface area contributed by atoms with Crippen LogP contribution in [0.1, 0.15) is 29.8 Å². The zero-order valence-corrected chi connectivity index (χ0v) is 9.40. The molecule has 2 unspecified atom stereocenters. The molecule has 4 heteroatoms. The Morgan fingerprint density at radius 2 is 1.81 bits per heavy atom. The van der Waals surface area contributed by atoms with Crippen LogP contribution < -0.4 is 15.2 Å². The van der Waals surface area contributed by atoms with Gasteiger partial charge in [-0.1, -0.05) is 0 Å². The maximum Gasteiger partial charge on any atom is 0.125 e. The van der Waals surface area contributed by atoms with Gasteiger partial charge in [0.05, 0.1) is 20.3 Å². The first-order chi connectivity index (χ1) is 7.76. The average molecular weight is 221 g/mol. The lowest BCUT2D eigenvalue weighted by molar-refractivity contribution is 0.0664. The highest BCUT2D eigenvalue weighted by molar-refractivity contribution is 5.55. The summed E-state index contributed by atoms with van der Waals surface area (Å²) < 4.78 is 16.6. The molecule has 1 aromatic carbocycles. The molecule has 2 aliphatic heterocycles. The normalized spacial score (nSPS) is 30.3. The monoisotopic (exact) mass is 221 g/mol. The van der Waals surface area contributed by atoms with Crippen LogP contribution in [0.4, 0.5) is 0 Å². The molecule has 2 bridgehead atoms. The first-order valence-electron chi connectivity index (χ1n) is 5.42. The highest BCUT2D eigenvalue weighted by atomic mass is 16.5. The predicted octanol–water partition coefficient (Wildman–Crippen LogP) is 1.55. The molecule has 2 N–H and O–H groups in total. The Morgan fingerprint density at radius 1 is 1.19 bits per heavy atom. The van der Waals surface area contributed by atoms with E-state index in [0.29, 0.717) is 0 Å². The van der Waals surface area contributed by atoms with Gasteiger partial charge in [0, 0.05) is 17.2 Å². The SMILES string of the molecule is COc1ccc(OC)c2c1C1C[C@H](N)C2O1. The van der Waals surface area contributed by atoms with Crippen molar-refractivity contribution in [2.24, 2.45) is 5.73 Å². The van der Waals surface area contributed by atoms with Gasteiger partial charge in [0.1, 0.15) is 17.6 Å². The maximum atomic E-state index is 6.03. The molecule has 4 nitrogen and oxygen atoms in total. The van der Waals surface area contributed by atoms with E-state index in [1.54, 1.807) is 14.2 Å². The first-order valence-corrected chi connectivity index (χ1v) is 5.42.